The largest absolute Gasteiger partial charge is 0.368 e. The first-order chi connectivity index (χ1) is 14.5. The molecule has 3 aromatic rings. The Morgan fingerprint density at radius 1 is 1.03 bits per heavy atom. The van der Waals surface area contributed by atoms with Gasteiger partial charge in [-0.2, -0.15) is 0 Å². The van der Waals surface area contributed by atoms with Gasteiger partial charge >= 0.3 is 0 Å². The fourth-order valence-electron chi connectivity index (χ4n) is 4.37. The Morgan fingerprint density at radius 2 is 1.77 bits per heavy atom. The number of amides is 1. The van der Waals surface area contributed by atoms with E-state index >= 15 is 0 Å². The summed E-state index contributed by atoms with van der Waals surface area (Å²) >= 11 is 0. The summed E-state index contributed by atoms with van der Waals surface area (Å²) < 4.78 is 2.15. The lowest BCUT2D eigenvalue weighted by Crippen LogP contribution is -2.55. The van der Waals surface area contributed by atoms with Crippen molar-refractivity contribution in [3.63, 3.8) is 0 Å². The molecule has 6 nitrogen and oxygen atoms in total. The number of nitrogens with one attached hydrogen (secondary N) is 1. The number of aryl methyl sites for hydroxylation is 1. The minimum atomic E-state index is -0.113. The number of piperazine rings is 1. The molecule has 158 valence electrons. The highest BCUT2D eigenvalue weighted by atomic mass is 16.2. The van der Waals surface area contributed by atoms with Gasteiger partial charge in [-0.05, 0) is 37.2 Å². The molecule has 30 heavy (non-hydrogen) atoms. The maximum atomic E-state index is 12.8. The number of rotatable bonds is 5. The van der Waals surface area contributed by atoms with Crippen molar-refractivity contribution in [2.75, 3.05) is 38.1 Å². The highest BCUT2D eigenvalue weighted by molar-refractivity contribution is 5.83. The van der Waals surface area contributed by atoms with Crippen LogP contribution in [0.3, 0.4) is 0 Å². The number of imidazole rings is 1. The summed E-state index contributed by atoms with van der Waals surface area (Å²) in [5.74, 6) is 1.46. The average molecular weight is 406 g/mol. The van der Waals surface area contributed by atoms with Crippen LogP contribution < -0.4 is 10.2 Å². The van der Waals surface area contributed by atoms with Gasteiger partial charge in [-0.1, -0.05) is 38.1 Å². The van der Waals surface area contributed by atoms with Crippen LogP contribution in [0.2, 0.25) is 0 Å². The Labute approximate surface area is 178 Å². The number of nitrogens with zero attached hydrogens (tertiary/aromatic N) is 4. The molecule has 1 saturated heterocycles. The van der Waals surface area contributed by atoms with E-state index in [1.807, 2.05) is 24.1 Å². The van der Waals surface area contributed by atoms with E-state index in [0.29, 0.717) is 0 Å². The van der Waals surface area contributed by atoms with E-state index in [-0.39, 0.29) is 17.9 Å². The minimum absolute atomic E-state index is 0.113. The molecule has 2 aromatic carbocycles. The SMILES string of the molecule is CN[C@H](C(=O)N1CCN(c2cccc(-c3nc4ccccc4n3C)c2)CC1)C(C)C. The quantitative estimate of drug-likeness (QED) is 0.709. The fraction of sp³-hybridized carbons (Fsp3) is 0.417. The predicted octanol–water partition coefficient (Wildman–Crippen LogP) is 3.13. The second-order valence-corrected chi connectivity index (χ2v) is 8.36. The lowest BCUT2D eigenvalue weighted by Gasteiger charge is -2.38. The number of hydrogen-bond acceptors (Lipinski definition) is 4. The van der Waals surface area contributed by atoms with Crippen molar-refractivity contribution in [1.82, 2.24) is 19.8 Å². The lowest BCUT2D eigenvalue weighted by molar-refractivity contribution is -0.134. The number of carbonyl (C=O) groups is 1. The first-order valence-electron chi connectivity index (χ1n) is 10.7. The molecule has 0 radical (unpaired) electrons. The van der Waals surface area contributed by atoms with Crippen LogP contribution in [-0.4, -0.2) is 59.6 Å². The zero-order chi connectivity index (χ0) is 21.3. The molecule has 1 atom stereocenters. The third kappa shape index (κ3) is 3.79. The standard InChI is InChI=1S/C24H31N5O/c1-17(2)22(25-3)24(30)29-14-12-28(13-15-29)19-9-7-8-18(16-19)23-26-20-10-5-6-11-21(20)27(23)4/h5-11,16-17,22,25H,12-15H2,1-4H3/t22-/m0/s1. The summed E-state index contributed by atoms with van der Waals surface area (Å²) in [7, 11) is 3.93. The molecule has 0 unspecified atom stereocenters. The number of likely N-dealkylation sites (N-methyl/N-ethyl adjacent to an activating group) is 1. The average Bonchev–Trinajstić information content (AvgIpc) is 3.11. The third-order valence-corrected chi connectivity index (χ3v) is 6.09. The normalized spacial score (nSPS) is 15.8. The molecule has 1 aliphatic heterocycles. The Kier molecular flexibility index (Phi) is 5.77. The molecule has 6 heteroatoms. The minimum Gasteiger partial charge on any atom is -0.368 e. The molecule has 1 amide bonds. The highest BCUT2D eigenvalue weighted by Crippen LogP contribution is 2.27. The van der Waals surface area contributed by atoms with Crippen molar-refractivity contribution in [2.24, 2.45) is 13.0 Å². The second-order valence-electron chi connectivity index (χ2n) is 8.36. The van der Waals surface area contributed by atoms with Crippen LogP contribution in [0.15, 0.2) is 48.5 Å². The molecule has 1 N–H and O–H groups in total. The number of para-hydroxylation sites is 2. The van der Waals surface area contributed by atoms with Crippen molar-refractivity contribution in [2.45, 2.75) is 19.9 Å². The molecule has 0 saturated carbocycles. The summed E-state index contributed by atoms with van der Waals surface area (Å²) in [5.41, 5.74) is 4.44. The number of hydrogen-bond donors (Lipinski definition) is 1. The van der Waals surface area contributed by atoms with E-state index in [1.165, 1.54) is 5.69 Å². The maximum Gasteiger partial charge on any atom is 0.240 e. The van der Waals surface area contributed by atoms with E-state index in [4.69, 9.17) is 4.98 Å². The van der Waals surface area contributed by atoms with Gasteiger partial charge in [0.05, 0.1) is 17.1 Å². The van der Waals surface area contributed by atoms with Crippen LogP contribution in [0.1, 0.15) is 13.8 Å². The number of benzene rings is 2. The van der Waals surface area contributed by atoms with Crippen molar-refractivity contribution in [1.29, 1.82) is 0 Å². The number of anilines is 1. The van der Waals surface area contributed by atoms with Gasteiger partial charge in [0, 0.05) is 44.5 Å². The van der Waals surface area contributed by atoms with Gasteiger partial charge in [0.1, 0.15) is 5.82 Å². The zero-order valence-electron chi connectivity index (χ0n) is 18.3. The summed E-state index contributed by atoms with van der Waals surface area (Å²) in [4.78, 5) is 22.0. The van der Waals surface area contributed by atoms with Gasteiger partial charge in [0.15, 0.2) is 0 Å². The summed E-state index contributed by atoms with van der Waals surface area (Å²) in [6.07, 6.45) is 0. The van der Waals surface area contributed by atoms with E-state index in [1.54, 1.807) is 0 Å². The van der Waals surface area contributed by atoms with Gasteiger partial charge in [0.2, 0.25) is 5.91 Å². The fourth-order valence-corrected chi connectivity index (χ4v) is 4.37. The Morgan fingerprint density at radius 3 is 2.43 bits per heavy atom. The molecule has 4 rings (SSSR count). The van der Waals surface area contributed by atoms with Gasteiger partial charge < -0.3 is 19.7 Å². The first kappa shape index (κ1) is 20.4. The van der Waals surface area contributed by atoms with Crippen molar-refractivity contribution in [3.8, 4) is 11.4 Å². The molecule has 0 spiro atoms. The molecule has 1 fully saturated rings. The van der Waals surface area contributed by atoms with E-state index in [0.717, 1.165) is 48.6 Å². The first-order valence-corrected chi connectivity index (χ1v) is 10.7. The smallest absolute Gasteiger partial charge is 0.240 e. The molecule has 0 bridgehead atoms. The summed E-state index contributed by atoms with van der Waals surface area (Å²) in [5, 5.41) is 3.17. The zero-order valence-corrected chi connectivity index (χ0v) is 18.3. The van der Waals surface area contributed by atoms with Crippen molar-refractivity contribution < 1.29 is 4.79 Å². The summed E-state index contributed by atoms with van der Waals surface area (Å²) in [6, 6.07) is 16.7. The van der Waals surface area contributed by atoms with Crippen molar-refractivity contribution in [3.05, 3.63) is 48.5 Å². The molecular weight excluding hydrogens is 374 g/mol. The monoisotopic (exact) mass is 405 g/mol. The lowest BCUT2D eigenvalue weighted by atomic mass is 10.0. The van der Waals surface area contributed by atoms with Crippen LogP contribution in [0.25, 0.3) is 22.4 Å². The van der Waals surface area contributed by atoms with Crippen molar-refractivity contribution >= 4 is 22.6 Å². The second kappa shape index (κ2) is 8.48. The molecule has 2 heterocycles. The van der Waals surface area contributed by atoms with E-state index in [2.05, 4.69) is 72.1 Å². The van der Waals surface area contributed by atoms with Crippen LogP contribution in [0.5, 0.6) is 0 Å². The van der Waals surface area contributed by atoms with Gasteiger partial charge in [-0.3, -0.25) is 4.79 Å². The summed E-state index contributed by atoms with van der Waals surface area (Å²) in [6.45, 7) is 7.35. The van der Waals surface area contributed by atoms with Crippen LogP contribution in [0.4, 0.5) is 5.69 Å². The Balaban J connectivity index is 1.50. The van der Waals surface area contributed by atoms with Gasteiger partial charge in [-0.15, -0.1) is 0 Å². The molecular formula is C24H31N5O. The predicted molar refractivity (Wildman–Crippen MR) is 123 cm³/mol. The van der Waals surface area contributed by atoms with Crippen LogP contribution >= 0.6 is 0 Å². The van der Waals surface area contributed by atoms with Gasteiger partial charge in [-0.25, -0.2) is 4.98 Å². The number of fused-ring (bicyclic) bond motifs is 1. The maximum absolute atomic E-state index is 12.8. The third-order valence-electron chi connectivity index (χ3n) is 6.09. The Hall–Kier alpha value is -2.86. The Bertz CT molecular complexity index is 1030. The molecule has 1 aliphatic rings. The van der Waals surface area contributed by atoms with Crippen LogP contribution in [-0.2, 0) is 11.8 Å². The number of aromatic nitrogens is 2. The number of carbonyl (C=O) groups excluding carboxylic acids is 1. The molecule has 1 aromatic heterocycles. The highest BCUT2D eigenvalue weighted by Gasteiger charge is 2.28. The molecule has 0 aliphatic carbocycles. The topological polar surface area (TPSA) is 53.4 Å². The van der Waals surface area contributed by atoms with Gasteiger partial charge in [0.25, 0.3) is 0 Å². The van der Waals surface area contributed by atoms with E-state index < -0.39 is 0 Å². The van der Waals surface area contributed by atoms with E-state index in [9.17, 15) is 4.79 Å². The van der Waals surface area contributed by atoms with Crippen LogP contribution in [0, 0.1) is 5.92 Å².